The molecular formula is C26H25NO4. The molecule has 1 N–H and O–H groups in total. The minimum atomic E-state index is -0.800. The van der Waals surface area contributed by atoms with Crippen molar-refractivity contribution >= 4 is 17.4 Å². The maximum absolute atomic E-state index is 13.2. The highest BCUT2D eigenvalue weighted by molar-refractivity contribution is 6.16. The van der Waals surface area contributed by atoms with Crippen molar-refractivity contribution in [2.45, 2.75) is 39.7 Å². The molecule has 5 heteroatoms. The van der Waals surface area contributed by atoms with Gasteiger partial charge in [0.05, 0.1) is 5.57 Å². The highest BCUT2D eigenvalue weighted by Crippen LogP contribution is 2.42. The maximum Gasteiger partial charge on any atom is 0.294 e. The van der Waals surface area contributed by atoms with Crippen LogP contribution in [-0.4, -0.2) is 16.8 Å². The Labute approximate surface area is 181 Å². The number of aliphatic hydroxyl groups excluding tert-OH is 1. The number of furan rings is 1. The molecule has 1 amide bonds. The molecule has 3 aromatic rings. The number of hydrogen-bond acceptors (Lipinski definition) is 4. The number of rotatable bonds is 6. The Morgan fingerprint density at radius 2 is 1.68 bits per heavy atom. The summed E-state index contributed by atoms with van der Waals surface area (Å²) in [5.41, 5.74) is 3.71. The molecule has 0 aliphatic carbocycles. The lowest BCUT2D eigenvalue weighted by molar-refractivity contribution is -0.118. The summed E-state index contributed by atoms with van der Waals surface area (Å²) in [6, 6.07) is 18.2. The quantitative estimate of drug-likeness (QED) is 0.592. The molecule has 0 fully saturated rings. The van der Waals surface area contributed by atoms with E-state index in [1.54, 1.807) is 12.1 Å². The summed E-state index contributed by atoms with van der Waals surface area (Å²) >= 11 is 0. The Hall–Kier alpha value is -3.60. The number of nitrogens with zero attached hydrogens (tertiary/aromatic N) is 1. The number of hydrogen-bond donors (Lipinski definition) is 1. The van der Waals surface area contributed by atoms with Crippen molar-refractivity contribution < 1.29 is 19.1 Å². The molecule has 2 heterocycles. The summed E-state index contributed by atoms with van der Waals surface area (Å²) in [6.45, 7) is 5.70. The van der Waals surface area contributed by atoms with Gasteiger partial charge in [0.1, 0.15) is 17.6 Å². The fourth-order valence-corrected chi connectivity index (χ4v) is 4.15. The SMILES string of the molecule is Cc1cc(C)cc(N2C(=O)C(O)=C(C(=O)CCc3ccccc3)C2c2ccc(C)o2)c1. The monoisotopic (exact) mass is 415 g/mol. The van der Waals surface area contributed by atoms with E-state index in [9.17, 15) is 14.7 Å². The van der Waals surface area contributed by atoms with Gasteiger partial charge in [-0.15, -0.1) is 0 Å². The van der Waals surface area contributed by atoms with E-state index in [4.69, 9.17) is 4.42 Å². The van der Waals surface area contributed by atoms with Gasteiger partial charge in [0.25, 0.3) is 5.91 Å². The lowest BCUT2D eigenvalue weighted by atomic mass is 9.96. The molecule has 1 unspecified atom stereocenters. The number of Topliss-reactive ketones (excluding diaryl/α,β-unsaturated/α-hetero) is 1. The van der Waals surface area contributed by atoms with Crippen LogP contribution in [0.5, 0.6) is 0 Å². The summed E-state index contributed by atoms with van der Waals surface area (Å²) in [4.78, 5) is 27.8. The summed E-state index contributed by atoms with van der Waals surface area (Å²) in [5, 5.41) is 10.8. The average Bonchev–Trinajstić information content (AvgIpc) is 3.27. The van der Waals surface area contributed by atoms with Crippen LogP contribution in [0.3, 0.4) is 0 Å². The van der Waals surface area contributed by atoms with Gasteiger partial charge in [0.15, 0.2) is 11.5 Å². The Bertz CT molecular complexity index is 1150. The van der Waals surface area contributed by atoms with Crippen LogP contribution >= 0.6 is 0 Å². The fraction of sp³-hybridized carbons (Fsp3) is 0.231. The number of amides is 1. The number of benzene rings is 2. The standard InChI is InChI=1S/C26H25NO4/c1-16-13-17(2)15-20(14-16)27-24(22-12-9-18(3)31-22)23(25(29)26(27)30)21(28)11-10-19-7-5-4-6-8-19/h4-9,12-15,24,29H,10-11H2,1-3H3. The summed E-state index contributed by atoms with van der Waals surface area (Å²) in [7, 11) is 0. The molecule has 0 radical (unpaired) electrons. The molecule has 1 aliphatic heterocycles. The molecular weight excluding hydrogens is 390 g/mol. The lowest BCUT2D eigenvalue weighted by Gasteiger charge is -2.25. The number of aliphatic hydroxyl groups is 1. The second-order valence-corrected chi connectivity index (χ2v) is 8.04. The minimum Gasteiger partial charge on any atom is -0.503 e. The molecule has 0 saturated carbocycles. The Morgan fingerprint density at radius 1 is 1.00 bits per heavy atom. The zero-order valence-corrected chi connectivity index (χ0v) is 17.9. The molecule has 0 bridgehead atoms. The molecule has 0 saturated heterocycles. The van der Waals surface area contributed by atoms with Crippen LogP contribution in [0.4, 0.5) is 5.69 Å². The smallest absolute Gasteiger partial charge is 0.294 e. The Balaban J connectivity index is 1.73. The molecule has 5 nitrogen and oxygen atoms in total. The third-order valence-electron chi connectivity index (χ3n) is 5.51. The van der Waals surface area contributed by atoms with Crippen molar-refractivity contribution in [3.63, 3.8) is 0 Å². The van der Waals surface area contributed by atoms with E-state index >= 15 is 0 Å². The van der Waals surface area contributed by atoms with Crippen molar-refractivity contribution in [2.24, 2.45) is 0 Å². The maximum atomic E-state index is 13.2. The largest absolute Gasteiger partial charge is 0.503 e. The van der Waals surface area contributed by atoms with Crippen LogP contribution in [0.25, 0.3) is 0 Å². The van der Waals surface area contributed by atoms with Gasteiger partial charge in [0.2, 0.25) is 0 Å². The second-order valence-electron chi connectivity index (χ2n) is 8.04. The molecule has 1 aromatic heterocycles. The van der Waals surface area contributed by atoms with E-state index in [2.05, 4.69) is 0 Å². The van der Waals surface area contributed by atoms with Gasteiger partial charge in [-0.3, -0.25) is 14.5 Å². The van der Waals surface area contributed by atoms with Crippen molar-refractivity contribution in [2.75, 3.05) is 4.90 Å². The van der Waals surface area contributed by atoms with E-state index in [0.717, 1.165) is 16.7 Å². The highest BCUT2D eigenvalue weighted by atomic mass is 16.3. The average molecular weight is 415 g/mol. The van der Waals surface area contributed by atoms with Crippen molar-refractivity contribution in [3.8, 4) is 0 Å². The first-order chi connectivity index (χ1) is 14.8. The van der Waals surface area contributed by atoms with Crippen LogP contribution in [0.15, 0.2) is 76.4 Å². The predicted octanol–water partition coefficient (Wildman–Crippen LogP) is 5.31. The van der Waals surface area contributed by atoms with Gasteiger partial charge in [-0.05, 0) is 68.1 Å². The van der Waals surface area contributed by atoms with E-state index < -0.39 is 17.7 Å². The lowest BCUT2D eigenvalue weighted by Crippen LogP contribution is -2.31. The number of anilines is 1. The van der Waals surface area contributed by atoms with Crippen LogP contribution in [-0.2, 0) is 16.0 Å². The molecule has 4 rings (SSSR count). The second kappa shape index (κ2) is 8.26. The molecule has 31 heavy (non-hydrogen) atoms. The molecule has 1 aliphatic rings. The molecule has 158 valence electrons. The number of carbonyl (C=O) groups is 2. The van der Waals surface area contributed by atoms with Crippen LogP contribution < -0.4 is 4.90 Å². The summed E-state index contributed by atoms with van der Waals surface area (Å²) in [5.74, 6) is -0.230. The Morgan fingerprint density at radius 3 is 2.29 bits per heavy atom. The van der Waals surface area contributed by atoms with E-state index in [1.807, 2.05) is 69.3 Å². The van der Waals surface area contributed by atoms with Crippen molar-refractivity contribution in [1.82, 2.24) is 0 Å². The van der Waals surface area contributed by atoms with E-state index in [0.29, 0.717) is 23.6 Å². The molecule has 0 spiro atoms. The molecule has 2 aromatic carbocycles. The number of carbonyl (C=O) groups excluding carboxylic acids is 2. The number of ketones is 1. The summed E-state index contributed by atoms with van der Waals surface area (Å²) < 4.78 is 5.83. The van der Waals surface area contributed by atoms with Crippen molar-refractivity contribution in [3.05, 3.63) is 100 Å². The van der Waals surface area contributed by atoms with Gasteiger partial charge >= 0.3 is 0 Å². The van der Waals surface area contributed by atoms with Crippen molar-refractivity contribution in [1.29, 1.82) is 0 Å². The van der Waals surface area contributed by atoms with E-state index in [-0.39, 0.29) is 17.8 Å². The van der Waals surface area contributed by atoms with Gasteiger partial charge < -0.3 is 9.52 Å². The third kappa shape index (κ3) is 4.04. The van der Waals surface area contributed by atoms with Crippen LogP contribution in [0, 0.1) is 20.8 Å². The third-order valence-corrected chi connectivity index (χ3v) is 5.51. The normalized spacial score (nSPS) is 16.3. The summed E-state index contributed by atoms with van der Waals surface area (Å²) in [6.07, 6.45) is 0.714. The minimum absolute atomic E-state index is 0.0921. The molecule has 1 atom stereocenters. The Kier molecular flexibility index (Phi) is 5.51. The van der Waals surface area contributed by atoms with Crippen LogP contribution in [0.2, 0.25) is 0 Å². The predicted molar refractivity (Wildman–Crippen MR) is 119 cm³/mol. The first kappa shape index (κ1) is 20.7. The van der Waals surface area contributed by atoms with Gasteiger partial charge in [-0.25, -0.2) is 0 Å². The topological polar surface area (TPSA) is 70.8 Å². The highest BCUT2D eigenvalue weighted by Gasteiger charge is 2.45. The van der Waals surface area contributed by atoms with E-state index in [1.165, 1.54) is 4.90 Å². The van der Waals surface area contributed by atoms with Gasteiger partial charge in [-0.1, -0.05) is 36.4 Å². The van der Waals surface area contributed by atoms with Gasteiger partial charge in [-0.2, -0.15) is 0 Å². The fourth-order valence-electron chi connectivity index (χ4n) is 4.15. The van der Waals surface area contributed by atoms with Crippen LogP contribution in [0.1, 0.15) is 40.7 Å². The van der Waals surface area contributed by atoms with Gasteiger partial charge in [0, 0.05) is 12.1 Å². The first-order valence-corrected chi connectivity index (χ1v) is 10.3. The zero-order chi connectivity index (χ0) is 22.1. The zero-order valence-electron chi connectivity index (χ0n) is 17.9. The first-order valence-electron chi connectivity index (χ1n) is 10.3. The number of aryl methyl sites for hydroxylation is 4.